The zero-order valence-electron chi connectivity index (χ0n) is 15.6. The molecule has 0 saturated carbocycles. The van der Waals surface area contributed by atoms with Gasteiger partial charge in [-0.15, -0.1) is 0 Å². The van der Waals surface area contributed by atoms with E-state index in [1.54, 1.807) is 11.1 Å². The molecule has 3 heterocycles. The Hall–Kier alpha value is -2.54. The Morgan fingerprint density at radius 2 is 2.15 bits per heavy atom. The first-order chi connectivity index (χ1) is 12.5. The third-order valence-corrected chi connectivity index (χ3v) is 4.83. The zero-order valence-corrected chi connectivity index (χ0v) is 15.6. The van der Waals surface area contributed by atoms with Gasteiger partial charge in [-0.25, -0.2) is 9.97 Å². The standard InChI is InChI=1S/C19H26N6O/c1-4-24(12-16-7-5-6-9-21-16)19(26)17-22-14(3)13(2)18(23-17)25-10-8-15(20)11-25/h5-7,9,15H,4,8,10-12,20H2,1-3H3/t15-/m1/s1. The number of carbonyl (C=O) groups excluding carboxylic acids is 1. The number of pyridine rings is 1. The minimum atomic E-state index is -0.175. The number of nitrogens with zero attached hydrogens (tertiary/aromatic N) is 5. The van der Waals surface area contributed by atoms with Gasteiger partial charge in [0, 0.05) is 43.1 Å². The van der Waals surface area contributed by atoms with Crippen molar-refractivity contribution >= 4 is 11.7 Å². The van der Waals surface area contributed by atoms with Gasteiger partial charge in [0.2, 0.25) is 5.82 Å². The van der Waals surface area contributed by atoms with E-state index in [-0.39, 0.29) is 17.8 Å². The summed E-state index contributed by atoms with van der Waals surface area (Å²) in [5.41, 5.74) is 8.71. The molecule has 1 saturated heterocycles. The molecule has 0 spiro atoms. The van der Waals surface area contributed by atoms with Gasteiger partial charge in [0.05, 0.1) is 12.2 Å². The van der Waals surface area contributed by atoms with Gasteiger partial charge in [-0.2, -0.15) is 0 Å². The van der Waals surface area contributed by atoms with Crippen LogP contribution in [-0.4, -0.2) is 51.4 Å². The third-order valence-electron chi connectivity index (χ3n) is 4.83. The molecule has 1 amide bonds. The fourth-order valence-corrected chi connectivity index (χ4v) is 3.15. The maximum absolute atomic E-state index is 13.0. The Kier molecular flexibility index (Phi) is 5.46. The van der Waals surface area contributed by atoms with Gasteiger partial charge in [-0.3, -0.25) is 9.78 Å². The Morgan fingerprint density at radius 1 is 1.35 bits per heavy atom. The SMILES string of the molecule is CCN(Cc1ccccn1)C(=O)c1nc(C)c(C)c(N2CC[C@@H](N)C2)n1. The molecule has 0 aromatic carbocycles. The normalized spacial score (nSPS) is 16.8. The summed E-state index contributed by atoms with van der Waals surface area (Å²) in [5.74, 6) is 0.884. The maximum atomic E-state index is 13.0. The fourth-order valence-electron chi connectivity index (χ4n) is 3.15. The molecule has 1 aliphatic rings. The van der Waals surface area contributed by atoms with Crippen LogP contribution in [-0.2, 0) is 6.54 Å². The molecule has 1 aliphatic heterocycles. The summed E-state index contributed by atoms with van der Waals surface area (Å²) in [6.07, 6.45) is 2.67. The summed E-state index contributed by atoms with van der Waals surface area (Å²) in [5, 5.41) is 0. The second-order valence-corrected chi connectivity index (χ2v) is 6.72. The second-order valence-electron chi connectivity index (χ2n) is 6.72. The van der Waals surface area contributed by atoms with Crippen molar-refractivity contribution in [2.24, 2.45) is 5.73 Å². The first kappa shape index (κ1) is 18.3. The molecular formula is C19H26N6O. The summed E-state index contributed by atoms with van der Waals surface area (Å²) in [7, 11) is 0. The van der Waals surface area contributed by atoms with E-state index in [0.717, 1.165) is 42.3 Å². The average molecular weight is 354 g/mol. The highest BCUT2D eigenvalue weighted by molar-refractivity contribution is 5.91. The highest BCUT2D eigenvalue weighted by Crippen LogP contribution is 2.24. The quantitative estimate of drug-likeness (QED) is 0.879. The minimum absolute atomic E-state index is 0.153. The molecular weight excluding hydrogens is 328 g/mol. The van der Waals surface area contributed by atoms with E-state index in [2.05, 4.69) is 19.9 Å². The molecule has 0 unspecified atom stereocenters. The van der Waals surface area contributed by atoms with E-state index in [1.807, 2.05) is 39.0 Å². The van der Waals surface area contributed by atoms with Crippen LogP contribution in [0.1, 0.15) is 40.9 Å². The highest BCUT2D eigenvalue weighted by atomic mass is 16.2. The van der Waals surface area contributed by atoms with Crippen molar-refractivity contribution in [2.45, 2.75) is 39.8 Å². The molecule has 26 heavy (non-hydrogen) atoms. The van der Waals surface area contributed by atoms with Crippen LogP contribution in [0.4, 0.5) is 5.82 Å². The van der Waals surface area contributed by atoms with Crippen LogP contribution in [0.25, 0.3) is 0 Å². The largest absolute Gasteiger partial charge is 0.355 e. The van der Waals surface area contributed by atoms with Crippen molar-refractivity contribution in [2.75, 3.05) is 24.5 Å². The van der Waals surface area contributed by atoms with E-state index in [4.69, 9.17) is 5.73 Å². The number of hydrogen-bond acceptors (Lipinski definition) is 6. The summed E-state index contributed by atoms with van der Waals surface area (Å²) in [6.45, 7) is 8.48. The molecule has 138 valence electrons. The molecule has 0 radical (unpaired) electrons. The molecule has 2 aromatic rings. The van der Waals surface area contributed by atoms with Crippen LogP contribution in [0.5, 0.6) is 0 Å². The van der Waals surface area contributed by atoms with Crippen molar-refractivity contribution in [1.82, 2.24) is 19.9 Å². The second kappa shape index (κ2) is 7.78. The van der Waals surface area contributed by atoms with Gasteiger partial charge >= 0.3 is 0 Å². The minimum Gasteiger partial charge on any atom is -0.355 e. The Labute approximate surface area is 154 Å². The van der Waals surface area contributed by atoms with Crippen molar-refractivity contribution in [3.63, 3.8) is 0 Å². The van der Waals surface area contributed by atoms with Crippen molar-refractivity contribution in [3.8, 4) is 0 Å². The molecule has 7 heteroatoms. The average Bonchev–Trinajstić information content (AvgIpc) is 3.08. The number of rotatable bonds is 5. The lowest BCUT2D eigenvalue weighted by Crippen LogP contribution is -2.33. The first-order valence-electron chi connectivity index (χ1n) is 9.04. The van der Waals surface area contributed by atoms with Gasteiger partial charge in [0.1, 0.15) is 5.82 Å². The summed E-state index contributed by atoms with van der Waals surface area (Å²) in [6, 6.07) is 5.84. The topological polar surface area (TPSA) is 88.2 Å². The predicted octanol–water partition coefficient (Wildman–Crippen LogP) is 1.69. The molecule has 1 fully saturated rings. The Balaban J connectivity index is 1.87. The molecule has 2 aromatic heterocycles. The number of nitrogens with two attached hydrogens (primary N) is 1. The van der Waals surface area contributed by atoms with E-state index in [1.165, 1.54) is 0 Å². The van der Waals surface area contributed by atoms with Gasteiger partial charge in [-0.1, -0.05) is 6.07 Å². The van der Waals surface area contributed by atoms with Crippen LogP contribution >= 0.6 is 0 Å². The smallest absolute Gasteiger partial charge is 0.292 e. The molecule has 1 atom stereocenters. The zero-order chi connectivity index (χ0) is 18.7. The van der Waals surface area contributed by atoms with Gasteiger partial charge in [0.15, 0.2) is 0 Å². The first-order valence-corrected chi connectivity index (χ1v) is 9.04. The monoisotopic (exact) mass is 354 g/mol. The van der Waals surface area contributed by atoms with Crippen molar-refractivity contribution in [1.29, 1.82) is 0 Å². The van der Waals surface area contributed by atoms with E-state index in [0.29, 0.717) is 13.1 Å². The predicted molar refractivity (Wildman–Crippen MR) is 101 cm³/mol. The molecule has 7 nitrogen and oxygen atoms in total. The molecule has 0 aliphatic carbocycles. The van der Waals surface area contributed by atoms with E-state index < -0.39 is 0 Å². The van der Waals surface area contributed by atoms with Crippen LogP contribution in [0.3, 0.4) is 0 Å². The van der Waals surface area contributed by atoms with Crippen molar-refractivity contribution in [3.05, 3.63) is 47.2 Å². The van der Waals surface area contributed by atoms with Crippen LogP contribution in [0, 0.1) is 13.8 Å². The summed E-state index contributed by atoms with van der Waals surface area (Å²) in [4.78, 5) is 30.2. The number of amides is 1. The van der Waals surface area contributed by atoms with Gasteiger partial charge in [-0.05, 0) is 39.3 Å². The highest BCUT2D eigenvalue weighted by Gasteiger charge is 2.26. The third kappa shape index (κ3) is 3.83. The van der Waals surface area contributed by atoms with Crippen molar-refractivity contribution < 1.29 is 4.79 Å². The number of aromatic nitrogens is 3. The lowest BCUT2D eigenvalue weighted by molar-refractivity contribution is 0.0738. The maximum Gasteiger partial charge on any atom is 0.292 e. The summed E-state index contributed by atoms with van der Waals surface area (Å²) >= 11 is 0. The molecule has 3 rings (SSSR count). The van der Waals surface area contributed by atoms with E-state index >= 15 is 0 Å². The number of aryl methyl sites for hydroxylation is 1. The van der Waals surface area contributed by atoms with Gasteiger partial charge in [0.25, 0.3) is 5.91 Å². The Morgan fingerprint density at radius 3 is 2.77 bits per heavy atom. The van der Waals surface area contributed by atoms with Crippen LogP contribution in [0.15, 0.2) is 24.4 Å². The number of carbonyl (C=O) groups is 1. The van der Waals surface area contributed by atoms with E-state index in [9.17, 15) is 4.79 Å². The number of anilines is 1. The lowest BCUT2D eigenvalue weighted by Gasteiger charge is -2.23. The molecule has 2 N–H and O–H groups in total. The fraction of sp³-hybridized carbons (Fsp3) is 0.474. The lowest BCUT2D eigenvalue weighted by atomic mass is 10.2. The molecule has 0 bridgehead atoms. The summed E-state index contributed by atoms with van der Waals surface area (Å²) < 4.78 is 0. The van der Waals surface area contributed by atoms with Crippen LogP contribution < -0.4 is 10.6 Å². The Bertz CT molecular complexity index is 779. The number of hydrogen-bond donors (Lipinski definition) is 1. The van der Waals surface area contributed by atoms with Crippen LogP contribution in [0.2, 0.25) is 0 Å². The van der Waals surface area contributed by atoms with Gasteiger partial charge < -0.3 is 15.5 Å².